The number of hydrogen-bond donors (Lipinski definition) is 2. The highest BCUT2D eigenvalue weighted by Gasteiger charge is 2.35. The normalized spacial score (nSPS) is 23.8. The lowest BCUT2D eigenvalue weighted by atomic mass is 9.94. The van der Waals surface area contributed by atoms with Crippen LogP contribution < -0.4 is 5.56 Å². The highest BCUT2D eigenvalue weighted by atomic mass is 32.2. The average molecular weight is 401 g/mol. The Kier molecular flexibility index (Phi) is 4.71. The molecule has 4 rings (SSSR count). The maximum atomic E-state index is 12.9. The number of H-pyrrole nitrogens is 1. The topological polar surface area (TPSA) is 96.7 Å². The first-order valence-corrected chi connectivity index (χ1v) is 10.2. The molecule has 0 saturated carbocycles. The summed E-state index contributed by atoms with van der Waals surface area (Å²) in [5, 5.41) is 12.8. The zero-order chi connectivity index (χ0) is 20.1. The van der Waals surface area contributed by atoms with Crippen molar-refractivity contribution >= 4 is 28.6 Å². The molecule has 148 valence electrons. The fourth-order valence-corrected chi connectivity index (χ4v) is 5.03. The van der Waals surface area contributed by atoms with Crippen LogP contribution in [0.15, 0.2) is 34.1 Å². The predicted molar refractivity (Wildman–Crippen MR) is 109 cm³/mol. The third kappa shape index (κ3) is 3.42. The van der Waals surface area contributed by atoms with Crippen molar-refractivity contribution in [2.24, 2.45) is 4.99 Å². The molecular formula is C20H23N3O4S. The standard InChI is InChI=1S/C20H23N3O4S/c1-11-21-17-15(16(28-11)12-4-6-13(7-5-12)19(25)26)18(24)22-23(17)14-8-9-27-20(2,3)10-14/h4-7,14,16H,8-10H2,1-3H3,(H,22,24)(H,25,26)/t14-,16-/m0/s1. The van der Waals surface area contributed by atoms with Crippen LogP contribution in [0, 0.1) is 0 Å². The number of ether oxygens (including phenoxy) is 1. The Morgan fingerprint density at radius 3 is 2.71 bits per heavy atom. The monoisotopic (exact) mass is 401 g/mol. The number of aromatic nitrogens is 2. The van der Waals surface area contributed by atoms with Gasteiger partial charge in [0.1, 0.15) is 0 Å². The van der Waals surface area contributed by atoms with Crippen molar-refractivity contribution in [3.05, 3.63) is 51.3 Å². The Morgan fingerprint density at radius 2 is 2.07 bits per heavy atom. The van der Waals surface area contributed by atoms with E-state index in [1.807, 2.05) is 11.6 Å². The quantitative estimate of drug-likeness (QED) is 0.813. The van der Waals surface area contributed by atoms with Gasteiger partial charge in [0.25, 0.3) is 5.56 Å². The molecule has 2 aromatic rings. The van der Waals surface area contributed by atoms with Crippen LogP contribution in [-0.2, 0) is 4.74 Å². The molecule has 1 aromatic heterocycles. The third-order valence-electron chi connectivity index (χ3n) is 5.25. The molecule has 1 saturated heterocycles. The molecule has 1 fully saturated rings. The number of carboxylic acids is 1. The lowest BCUT2D eigenvalue weighted by Crippen LogP contribution is -2.35. The van der Waals surface area contributed by atoms with Gasteiger partial charge in [0.05, 0.1) is 33.1 Å². The molecule has 0 bridgehead atoms. The number of fused-ring (bicyclic) bond motifs is 1. The first-order chi connectivity index (χ1) is 13.2. The zero-order valence-electron chi connectivity index (χ0n) is 16.1. The van der Waals surface area contributed by atoms with E-state index >= 15 is 0 Å². The van der Waals surface area contributed by atoms with Gasteiger partial charge < -0.3 is 9.84 Å². The lowest BCUT2D eigenvalue weighted by Gasteiger charge is -2.36. The number of carboxylic acid groups (broad SMARTS) is 1. The molecule has 7 nitrogen and oxygen atoms in total. The lowest BCUT2D eigenvalue weighted by molar-refractivity contribution is -0.0705. The van der Waals surface area contributed by atoms with Crippen molar-refractivity contribution in [1.82, 2.24) is 9.78 Å². The summed E-state index contributed by atoms with van der Waals surface area (Å²) in [6.07, 6.45) is 1.62. The summed E-state index contributed by atoms with van der Waals surface area (Å²) in [6, 6.07) is 6.82. The fraction of sp³-hybridized carbons (Fsp3) is 0.450. The number of aromatic carboxylic acids is 1. The Balaban J connectivity index is 1.76. The van der Waals surface area contributed by atoms with Crippen molar-refractivity contribution in [3.63, 3.8) is 0 Å². The van der Waals surface area contributed by atoms with Crippen LogP contribution in [0.2, 0.25) is 0 Å². The van der Waals surface area contributed by atoms with Gasteiger partial charge in [-0.25, -0.2) is 9.79 Å². The molecule has 2 aliphatic heterocycles. The molecule has 3 heterocycles. The largest absolute Gasteiger partial charge is 0.478 e. The van der Waals surface area contributed by atoms with E-state index in [9.17, 15) is 9.59 Å². The number of nitrogens with one attached hydrogen (secondary N) is 1. The number of carbonyl (C=O) groups is 1. The maximum Gasteiger partial charge on any atom is 0.335 e. The van der Waals surface area contributed by atoms with Gasteiger partial charge >= 0.3 is 5.97 Å². The Labute approximate surface area is 166 Å². The number of aliphatic imine (C=N–C) groups is 1. The molecule has 28 heavy (non-hydrogen) atoms. The second-order valence-electron chi connectivity index (χ2n) is 7.86. The van der Waals surface area contributed by atoms with E-state index < -0.39 is 5.97 Å². The summed E-state index contributed by atoms with van der Waals surface area (Å²) in [6.45, 7) is 6.70. The van der Waals surface area contributed by atoms with Crippen molar-refractivity contribution in [3.8, 4) is 0 Å². The molecule has 8 heteroatoms. The van der Waals surface area contributed by atoms with Crippen LogP contribution in [0.4, 0.5) is 5.82 Å². The highest BCUT2D eigenvalue weighted by Crippen LogP contribution is 2.45. The first-order valence-electron chi connectivity index (χ1n) is 9.29. The van der Waals surface area contributed by atoms with Gasteiger partial charge in [0, 0.05) is 6.61 Å². The average Bonchev–Trinajstić information content (AvgIpc) is 2.97. The van der Waals surface area contributed by atoms with E-state index in [-0.39, 0.29) is 28.0 Å². The SMILES string of the molecule is CC1=Nc2c(c(=O)[nH]n2[C@H]2CCOC(C)(C)C2)[C@H](c2ccc(C(=O)O)cc2)S1. The molecular weight excluding hydrogens is 378 g/mol. The molecule has 0 radical (unpaired) electrons. The van der Waals surface area contributed by atoms with Gasteiger partial charge in [-0.1, -0.05) is 23.9 Å². The van der Waals surface area contributed by atoms with E-state index in [4.69, 9.17) is 9.84 Å². The van der Waals surface area contributed by atoms with Gasteiger partial charge in [-0.2, -0.15) is 0 Å². The molecule has 2 aliphatic rings. The number of thioether (sulfide) groups is 1. The molecule has 2 atom stereocenters. The molecule has 0 aliphatic carbocycles. The smallest absolute Gasteiger partial charge is 0.335 e. The van der Waals surface area contributed by atoms with Crippen LogP contribution >= 0.6 is 11.8 Å². The van der Waals surface area contributed by atoms with Crippen LogP contribution in [0.25, 0.3) is 0 Å². The summed E-state index contributed by atoms with van der Waals surface area (Å²) in [4.78, 5) is 28.7. The van der Waals surface area contributed by atoms with Gasteiger partial charge in [0.15, 0.2) is 5.82 Å². The predicted octanol–water partition coefficient (Wildman–Crippen LogP) is 3.89. The summed E-state index contributed by atoms with van der Waals surface area (Å²) < 4.78 is 7.72. The summed E-state index contributed by atoms with van der Waals surface area (Å²) in [5.74, 6) is -0.288. The summed E-state index contributed by atoms with van der Waals surface area (Å²) in [7, 11) is 0. The van der Waals surface area contributed by atoms with Crippen LogP contribution in [0.1, 0.15) is 66.4 Å². The van der Waals surface area contributed by atoms with Crippen molar-refractivity contribution in [1.29, 1.82) is 0 Å². The highest BCUT2D eigenvalue weighted by molar-refractivity contribution is 8.14. The van der Waals surface area contributed by atoms with Crippen LogP contribution in [0.5, 0.6) is 0 Å². The number of rotatable bonds is 3. The first kappa shape index (κ1) is 19.0. The van der Waals surface area contributed by atoms with Gasteiger partial charge in [-0.05, 0) is 51.3 Å². The van der Waals surface area contributed by atoms with Gasteiger partial charge in [-0.15, -0.1) is 0 Å². The van der Waals surface area contributed by atoms with E-state index in [1.54, 1.807) is 24.3 Å². The van der Waals surface area contributed by atoms with Crippen LogP contribution in [0.3, 0.4) is 0 Å². The van der Waals surface area contributed by atoms with Crippen LogP contribution in [-0.4, -0.2) is 38.1 Å². The number of hydrogen-bond acceptors (Lipinski definition) is 5. The Bertz CT molecular complexity index is 1000. The summed E-state index contributed by atoms with van der Waals surface area (Å²) >= 11 is 1.51. The minimum Gasteiger partial charge on any atom is -0.478 e. The van der Waals surface area contributed by atoms with Crippen molar-refractivity contribution in [2.75, 3.05) is 6.61 Å². The minimum atomic E-state index is -0.965. The van der Waals surface area contributed by atoms with Gasteiger partial charge in [0.2, 0.25) is 0 Å². The van der Waals surface area contributed by atoms with Crippen molar-refractivity contribution in [2.45, 2.75) is 50.5 Å². The second kappa shape index (κ2) is 6.93. The fourth-order valence-electron chi connectivity index (χ4n) is 3.93. The second-order valence-corrected chi connectivity index (χ2v) is 9.16. The summed E-state index contributed by atoms with van der Waals surface area (Å²) in [5.41, 5.74) is 1.36. The van der Waals surface area contributed by atoms with E-state index in [0.717, 1.165) is 23.4 Å². The van der Waals surface area contributed by atoms with Gasteiger partial charge in [-0.3, -0.25) is 14.6 Å². The maximum absolute atomic E-state index is 12.9. The molecule has 2 N–H and O–H groups in total. The number of aromatic amines is 1. The number of nitrogens with zero attached hydrogens (tertiary/aromatic N) is 2. The third-order valence-corrected chi connectivity index (χ3v) is 6.42. The Morgan fingerprint density at radius 1 is 1.36 bits per heavy atom. The molecule has 0 amide bonds. The zero-order valence-corrected chi connectivity index (χ0v) is 16.9. The molecule has 0 unspecified atom stereocenters. The molecule has 0 spiro atoms. The number of benzene rings is 1. The van der Waals surface area contributed by atoms with E-state index in [2.05, 4.69) is 23.9 Å². The minimum absolute atomic E-state index is 0.120. The van der Waals surface area contributed by atoms with Crippen molar-refractivity contribution < 1.29 is 14.6 Å². The molecule has 1 aromatic carbocycles. The van der Waals surface area contributed by atoms with E-state index in [1.165, 1.54) is 11.8 Å². The van der Waals surface area contributed by atoms with E-state index in [0.29, 0.717) is 18.0 Å². The Hall–Kier alpha value is -2.32.